The summed E-state index contributed by atoms with van der Waals surface area (Å²) in [7, 11) is 0. The lowest BCUT2D eigenvalue weighted by atomic mass is 9.99. The number of nitrogens with one attached hydrogen (secondary N) is 1. The molecule has 0 saturated carbocycles. The van der Waals surface area contributed by atoms with Crippen LogP contribution in [0.3, 0.4) is 0 Å². The lowest BCUT2D eigenvalue weighted by molar-refractivity contribution is -0.191. The molecule has 0 spiro atoms. The van der Waals surface area contributed by atoms with Gasteiger partial charge in [0.05, 0.1) is 12.0 Å². The fourth-order valence-corrected chi connectivity index (χ4v) is 2.72. The molecule has 7 nitrogen and oxygen atoms in total. The molecule has 0 aromatic heterocycles. The number of carboxylic acid groups (broad SMARTS) is 1. The highest BCUT2D eigenvalue weighted by atomic mass is 16.4. The Balaban J connectivity index is 0.000000758. The van der Waals surface area contributed by atoms with Crippen LogP contribution in [0.2, 0.25) is 0 Å². The minimum Gasteiger partial charge on any atom is -0.478 e. The maximum absolute atomic E-state index is 12.2. The van der Waals surface area contributed by atoms with Gasteiger partial charge in [0.25, 0.3) is 0 Å². The Morgan fingerprint density at radius 1 is 1.04 bits per heavy atom. The van der Waals surface area contributed by atoms with Crippen molar-refractivity contribution >= 4 is 29.5 Å². The minimum absolute atomic E-state index is 0.00442. The molecule has 0 aliphatic carbocycles. The van der Waals surface area contributed by atoms with Crippen molar-refractivity contribution in [3.8, 4) is 0 Å². The predicted molar refractivity (Wildman–Crippen MR) is 89.6 cm³/mol. The number of hydrogen-bond donors (Lipinski definition) is 2. The molecule has 0 fully saturated rings. The van der Waals surface area contributed by atoms with Gasteiger partial charge in [-0.15, -0.1) is 0 Å². The molecular formula is C19H15NO6. The van der Waals surface area contributed by atoms with E-state index in [1.54, 1.807) is 12.1 Å². The predicted octanol–water partition coefficient (Wildman–Crippen LogP) is 1.65. The molecule has 2 aromatic carbocycles. The van der Waals surface area contributed by atoms with Gasteiger partial charge in [-0.05, 0) is 34.9 Å². The first-order chi connectivity index (χ1) is 12.4. The van der Waals surface area contributed by atoms with Gasteiger partial charge in [0.2, 0.25) is 5.91 Å². The Kier molecular flexibility index (Phi) is 6.14. The summed E-state index contributed by atoms with van der Waals surface area (Å²) in [6.07, 6.45) is 1.05. The maximum Gasteiger partial charge on any atom is 0.373 e. The molecule has 1 aliphatic heterocycles. The van der Waals surface area contributed by atoms with Gasteiger partial charge in [0.15, 0.2) is 0 Å². The van der Waals surface area contributed by atoms with Crippen LogP contribution in [0.5, 0.6) is 0 Å². The second-order valence-electron chi connectivity index (χ2n) is 5.70. The van der Waals surface area contributed by atoms with E-state index in [0.29, 0.717) is 12.0 Å². The standard InChI is InChI=1S/C18H15NO4.CO2/c20-15(8-11-2-1-3-13(6-11)18(22)23)9-12-4-5-16-14(7-12)10-17(21)19-16;2-1-3/h1-7H,8-10H2,(H,19,21)(H,22,23);. The van der Waals surface area contributed by atoms with E-state index >= 15 is 0 Å². The fraction of sp³-hybridized carbons (Fsp3) is 0.158. The van der Waals surface area contributed by atoms with Crippen molar-refractivity contribution < 1.29 is 29.1 Å². The highest BCUT2D eigenvalue weighted by molar-refractivity contribution is 5.99. The number of amides is 1. The number of rotatable bonds is 5. The molecule has 132 valence electrons. The minimum atomic E-state index is -1.00. The number of Topliss-reactive ketones (excluding diaryl/α,β-unsaturated/α-hetero) is 1. The fourth-order valence-electron chi connectivity index (χ4n) is 2.72. The van der Waals surface area contributed by atoms with E-state index in [4.69, 9.17) is 14.7 Å². The van der Waals surface area contributed by atoms with Crippen LogP contribution < -0.4 is 5.32 Å². The van der Waals surface area contributed by atoms with E-state index in [1.165, 1.54) is 12.1 Å². The SMILES string of the molecule is O=C(Cc1cccc(C(=O)O)c1)Cc1ccc2c(c1)CC(=O)N2.O=C=O. The number of anilines is 1. The van der Waals surface area contributed by atoms with Gasteiger partial charge in [-0.1, -0.05) is 24.3 Å². The van der Waals surface area contributed by atoms with Gasteiger partial charge >= 0.3 is 12.1 Å². The molecule has 0 atom stereocenters. The normalized spacial score (nSPS) is 11.5. The number of hydrogen-bond acceptors (Lipinski definition) is 5. The Morgan fingerprint density at radius 2 is 1.69 bits per heavy atom. The lowest BCUT2D eigenvalue weighted by Crippen LogP contribution is -2.07. The van der Waals surface area contributed by atoms with Crippen LogP contribution >= 0.6 is 0 Å². The first-order valence-electron chi connectivity index (χ1n) is 7.67. The second-order valence-corrected chi connectivity index (χ2v) is 5.70. The zero-order chi connectivity index (χ0) is 19.1. The van der Waals surface area contributed by atoms with Crippen LogP contribution in [0.15, 0.2) is 42.5 Å². The van der Waals surface area contributed by atoms with E-state index in [1.807, 2.05) is 18.2 Å². The van der Waals surface area contributed by atoms with Gasteiger partial charge in [0, 0.05) is 18.5 Å². The molecule has 0 radical (unpaired) electrons. The van der Waals surface area contributed by atoms with Crippen LogP contribution in [0, 0.1) is 0 Å². The number of carbonyl (C=O) groups is 3. The van der Waals surface area contributed by atoms with Gasteiger partial charge < -0.3 is 10.4 Å². The van der Waals surface area contributed by atoms with Crippen molar-refractivity contribution in [3.63, 3.8) is 0 Å². The smallest absolute Gasteiger partial charge is 0.373 e. The molecule has 26 heavy (non-hydrogen) atoms. The molecule has 3 rings (SSSR count). The summed E-state index contributed by atoms with van der Waals surface area (Å²) in [5.41, 5.74) is 3.44. The summed E-state index contributed by atoms with van der Waals surface area (Å²) in [5, 5.41) is 11.7. The van der Waals surface area contributed by atoms with E-state index in [9.17, 15) is 14.4 Å². The van der Waals surface area contributed by atoms with E-state index in [0.717, 1.165) is 16.8 Å². The van der Waals surface area contributed by atoms with E-state index in [-0.39, 0.29) is 36.2 Å². The summed E-state index contributed by atoms with van der Waals surface area (Å²) >= 11 is 0. The summed E-state index contributed by atoms with van der Waals surface area (Å²) in [4.78, 5) is 50.7. The zero-order valence-corrected chi connectivity index (χ0v) is 13.7. The third-order valence-corrected chi connectivity index (χ3v) is 3.77. The Morgan fingerprint density at radius 3 is 2.35 bits per heavy atom. The molecule has 1 aliphatic rings. The van der Waals surface area contributed by atoms with Gasteiger partial charge in [0.1, 0.15) is 5.78 Å². The van der Waals surface area contributed by atoms with Crippen molar-refractivity contribution in [2.24, 2.45) is 0 Å². The number of carbonyl (C=O) groups excluding carboxylic acids is 4. The van der Waals surface area contributed by atoms with Crippen LogP contribution in [-0.2, 0) is 38.4 Å². The largest absolute Gasteiger partial charge is 0.478 e. The van der Waals surface area contributed by atoms with Crippen molar-refractivity contribution in [3.05, 3.63) is 64.7 Å². The summed E-state index contributed by atoms with van der Waals surface area (Å²) < 4.78 is 0. The van der Waals surface area contributed by atoms with Crippen molar-refractivity contribution in [2.75, 3.05) is 5.32 Å². The molecule has 1 amide bonds. The van der Waals surface area contributed by atoms with Crippen LogP contribution in [0.1, 0.15) is 27.0 Å². The number of ketones is 1. The molecule has 0 saturated heterocycles. The second kappa shape index (κ2) is 8.50. The summed E-state index contributed by atoms with van der Waals surface area (Å²) in [6.45, 7) is 0. The summed E-state index contributed by atoms with van der Waals surface area (Å²) in [6, 6.07) is 11.9. The Bertz CT molecular complexity index is 897. The number of aromatic carboxylic acids is 1. The van der Waals surface area contributed by atoms with Crippen molar-refractivity contribution in [1.82, 2.24) is 0 Å². The average molecular weight is 353 g/mol. The maximum atomic E-state index is 12.2. The number of fused-ring (bicyclic) bond motifs is 1. The topological polar surface area (TPSA) is 118 Å². The first-order valence-corrected chi connectivity index (χ1v) is 7.67. The Labute approximate surface area is 148 Å². The van der Waals surface area contributed by atoms with Crippen LogP contribution in [-0.4, -0.2) is 28.9 Å². The molecule has 2 aromatic rings. The van der Waals surface area contributed by atoms with Gasteiger partial charge in [-0.2, -0.15) is 9.59 Å². The molecule has 2 N–H and O–H groups in total. The number of benzene rings is 2. The first kappa shape index (κ1) is 18.8. The van der Waals surface area contributed by atoms with E-state index < -0.39 is 5.97 Å². The third-order valence-electron chi connectivity index (χ3n) is 3.77. The molecule has 0 bridgehead atoms. The van der Waals surface area contributed by atoms with E-state index in [2.05, 4.69) is 5.32 Å². The van der Waals surface area contributed by atoms with Crippen LogP contribution in [0.4, 0.5) is 5.69 Å². The lowest BCUT2D eigenvalue weighted by Gasteiger charge is -2.05. The molecular weight excluding hydrogens is 338 g/mol. The quantitative estimate of drug-likeness (QED) is 0.844. The molecule has 0 unspecified atom stereocenters. The van der Waals surface area contributed by atoms with Crippen molar-refractivity contribution in [1.29, 1.82) is 0 Å². The zero-order valence-electron chi connectivity index (χ0n) is 13.7. The summed E-state index contributed by atoms with van der Waals surface area (Å²) in [5.74, 6) is -1.03. The highest BCUT2D eigenvalue weighted by Crippen LogP contribution is 2.24. The van der Waals surface area contributed by atoms with Gasteiger partial charge in [-0.25, -0.2) is 4.79 Å². The monoisotopic (exact) mass is 353 g/mol. The van der Waals surface area contributed by atoms with Crippen molar-refractivity contribution in [2.45, 2.75) is 19.3 Å². The average Bonchev–Trinajstić information content (AvgIpc) is 2.95. The number of carboxylic acids is 1. The molecule has 7 heteroatoms. The third kappa shape index (κ3) is 4.96. The molecule has 1 heterocycles. The highest BCUT2D eigenvalue weighted by Gasteiger charge is 2.18. The van der Waals surface area contributed by atoms with Crippen LogP contribution in [0.25, 0.3) is 0 Å². The Hall–Kier alpha value is -3.57. The van der Waals surface area contributed by atoms with Gasteiger partial charge in [-0.3, -0.25) is 9.59 Å².